The Kier molecular flexibility index (Phi) is 4.66. The van der Waals surface area contributed by atoms with Crippen molar-refractivity contribution in [1.82, 2.24) is 10.2 Å². The first-order chi connectivity index (χ1) is 11.1. The van der Waals surface area contributed by atoms with Gasteiger partial charge in [-0.05, 0) is 25.3 Å². The van der Waals surface area contributed by atoms with E-state index in [0.717, 1.165) is 18.4 Å². The third-order valence-electron chi connectivity index (χ3n) is 4.82. The van der Waals surface area contributed by atoms with Gasteiger partial charge in [0, 0.05) is 25.6 Å². The maximum atomic E-state index is 12.4. The molecule has 2 amide bonds. The Hall–Kier alpha value is -1.88. The van der Waals surface area contributed by atoms with Crippen molar-refractivity contribution in [3.63, 3.8) is 0 Å². The standard InChI is InChI=1S/C18H24N2O3/c1-18(12-23-13-18)17(22)20-9-7-15(8-10-20)16(21)19-11-14-5-3-2-4-6-14/h2-6,15H,7-13H2,1H3,(H,19,21). The van der Waals surface area contributed by atoms with Gasteiger partial charge in [-0.1, -0.05) is 30.3 Å². The molecular weight excluding hydrogens is 292 g/mol. The number of hydrogen-bond donors (Lipinski definition) is 1. The van der Waals surface area contributed by atoms with E-state index in [1.165, 1.54) is 0 Å². The molecule has 0 spiro atoms. The van der Waals surface area contributed by atoms with E-state index in [1.807, 2.05) is 42.2 Å². The van der Waals surface area contributed by atoms with Crippen LogP contribution in [0.5, 0.6) is 0 Å². The number of rotatable bonds is 4. The Morgan fingerprint density at radius 2 is 1.87 bits per heavy atom. The number of nitrogens with zero attached hydrogens (tertiary/aromatic N) is 1. The molecule has 0 aromatic heterocycles. The molecular formula is C18H24N2O3. The zero-order valence-corrected chi connectivity index (χ0v) is 13.6. The summed E-state index contributed by atoms with van der Waals surface area (Å²) in [6.07, 6.45) is 1.48. The van der Waals surface area contributed by atoms with Gasteiger partial charge in [0.2, 0.25) is 11.8 Å². The minimum absolute atomic E-state index is 0.00760. The van der Waals surface area contributed by atoms with Crippen LogP contribution in [0.15, 0.2) is 30.3 Å². The summed E-state index contributed by atoms with van der Waals surface area (Å²) in [5.74, 6) is 0.277. The fraction of sp³-hybridized carbons (Fsp3) is 0.556. The van der Waals surface area contributed by atoms with Crippen LogP contribution in [0.25, 0.3) is 0 Å². The summed E-state index contributed by atoms with van der Waals surface area (Å²) in [4.78, 5) is 26.6. The Balaban J connectivity index is 1.45. The van der Waals surface area contributed by atoms with Gasteiger partial charge in [0.15, 0.2) is 0 Å². The highest BCUT2D eigenvalue weighted by Crippen LogP contribution is 2.31. The van der Waals surface area contributed by atoms with E-state index in [2.05, 4.69) is 5.32 Å². The van der Waals surface area contributed by atoms with Crippen LogP contribution in [0.4, 0.5) is 0 Å². The van der Waals surface area contributed by atoms with Crippen LogP contribution in [0.3, 0.4) is 0 Å². The van der Waals surface area contributed by atoms with E-state index in [1.54, 1.807) is 0 Å². The number of hydrogen-bond acceptors (Lipinski definition) is 3. The number of carbonyl (C=O) groups excluding carboxylic acids is 2. The number of ether oxygens (including phenoxy) is 1. The van der Waals surface area contributed by atoms with E-state index in [0.29, 0.717) is 32.8 Å². The van der Waals surface area contributed by atoms with Crippen LogP contribution < -0.4 is 5.32 Å². The summed E-state index contributed by atoms with van der Waals surface area (Å²) < 4.78 is 5.17. The van der Waals surface area contributed by atoms with Crippen molar-refractivity contribution >= 4 is 11.8 Å². The van der Waals surface area contributed by atoms with Crippen LogP contribution in [0.1, 0.15) is 25.3 Å². The van der Waals surface area contributed by atoms with Gasteiger partial charge < -0.3 is 15.0 Å². The highest BCUT2D eigenvalue weighted by Gasteiger charge is 2.44. The molecule has 0 atom stereocenters. The van der Waals surface area contributed by atoms with Crippen molar-refractivity contribution in [2.45, 2.75) is 26.3 Å². The largest absolute Gasteiger partial charge is 0.379 e. The molecule has 1 aromatic carbocycles. The summed E-state index contributed by atoms with van der Waals surface area (Å²) >= 11 is 0. The summed E-state index contributed by atoms with van der Waals surface area (Å²) in [6, 6.07) is 9.91. The zero-order valence-electron chi connectivity index (χ0n) is 13.6. The molecule has 2 aliphatic rings. The lowest BCUT2D eigenvalue weighted by molar-refractivity contribution is -0.170. The molecule has 0 unspecified atom stereocenters. The average molecular weight is 316 g/mol. The zero-order chi connectivity index (χ0) is 16.3. The molecule has 1 aromatic rings. The maximum absolute atomic E-state index is 12.4. The van der Waals surface area contributed by atoms with Crippen LogP contribution in [0.2, 0.25) is 0 Å². The quantitative estimate of drug-likeness (QED) is 0.917. The third-order valence-corrected chi connectivity index (χ3v) is 4.82. The molecule has 2 heterocycles. The third kappa shape index (κ3) is 3.55. The van der Waals surface area contributed by atoms with Gasteiger partial charge in [-0.15, -0.1) is 0 Å². The number of likely N-dealkylation sites (tertiary alicyclic amines) is 1. The lowest BCUT2D eigenvalue weighted by Crippen LogP contribution is -2.55. The van der Waals surface area contributed by atoms with Crippen LogP contribution in [-0.4, -0.2) is 43.0 Å². The predicted octanol–water partition coefficient (Wildman–Crippen LogP) is 1.58. The van der Waals surface area contributed by atoms with Gasteiger partial charge in [0.1, 0.15) is 0 Å². The van der Waals surface area contributed by atoms with Gasteiger partial charge in [-0.25, -0.2) is 0 Å². The van der Waals surface area contributed by atoms with Crippen molar-refractivity contribution in [3.8, 4) is 0 Å². The van der Waals surface area contributed by atoms with Crippen molar-refractivity contribution in [2.24, 2.45) is 11.3 Å². The Labute approximate surface area is 137 Å². The Morgan fingerprint density at radius 3 is 2.43 bits per heavy atom. The lowest BCUT2D eigenvalue weighted by Gasteiger charge is -2.42. The Morgan fingerprint density at radius 1 is 1.22 bits per heavy atom. The fourth-order valence-corrected chi connectivity index (χ4v) is 3.19. The van der Waals surface area contributed by atoms with Crippen molar-refractivity contribution in [3.05, 3.63) is 35.9 Å². The van der Waals surface area contributed by atoms with E-state index >= 15 is 0 Å². The van der Waals surface area contributed by atoms with Gasteiger partial charge in [-0.3, -0.25) is 9.59 Å². The van der Waals surface area contributed by atoms with Gasteiger partial charge in [-0.2, -0.15) is 0 Å². The van der Waals surface area contributed by atoms with Crippen LogP contribution in [-0.2, 0) is 20.9 Å². The lowest BCUT2D eigenvalue weighted by atomic mass is 9.85. The molecule has 2 fully saturated rings. The van der Waals surface area contributed by atoms with Crippen LogP contribution in [0, 0.1) is 11.3 Å². The number of carbonyl (C=O) groups is 2. The summed E-state index contributed by atoms with van der Waals surface area (Å²) in [6.45, 7) is 4.88. The molecule has 5 nitrogen and oxygen atoms in total. The molecule has 0 aliphatic carbocycles. The molecule has 0 bridgehead atoms. The summed E-state index contributed by atoms with van der Waals surface area (Å²) in [5, 5.41) is 3.00. The normalized spacial score (nSPS) is 20.7. The predicted molar refractivity (Wildman–Crippen MR) is 86.5 cm³/mol. The number of benzene rings is 1. The molecule has 0 radical (unpaired) electrons. The minimum atomic E-state index is -0.345. The molecule has 2 aliphatic heterocycles. The highest BCUT2D eigenvalue weighted by atomic mass is 16.5. The molecule has 3 rings (SSSR count). The van der Waals surface area contributed by atoms with E-state index < -0.39 is 0 Å². The number of nitrogens with one attached hydrogen (secondary N) is 1. The first-order valence-corrected chi connectivity index (χ1v) is 8.27. The molecule has 23 heavy (non-hydrogen) atoms. The van der Waals surface area contributed by atoms with Crippen LogP contribution >= 0.6 is 0 Å². The Bertz CT molecular complexity index is 561. The van der Waals surface area contributed by atoms with Gasteiger partial charge in [0.05, 0.1) is 18.6 Å². The van der Waals surface area contributed by atoms with Crippen molar-refractivity contribution in [2.75, 3.05) is 26.3 Å². The second kappa shape index (κ2) is 6.71. The SMILES string of the molecule is CC1(C(=O)N2CCC(C(=O)NCc3ccccc3)CC2)COC1. The van der Waals surface area contributed by atoms with Gasteiger partial charge >= 0.3 is 0 Å². The minimum Gasteiger partial charge on any atom is -0.379 e. The molecule has 0 saturated carbocycles. The van der Waals surface area contributed by atoms with Gasteiger partial charge in [0.25, 0.3) is 0 Å². The number of piperidine rings is 1. The fourth-order valence-electron chi connectivity index (χ4n) is 3.19. The summed E-state index contributed by atoms with van der Waals surface area (Å²) in [7, 11) is 0. The highest BCUT2D eigenvalue weighted by molar-refractivity contribution is 5.84. The second-order valence-corrected chi connectivity index (χ2v) is 6.82. The summed E-state index contributed by atoms with van der Waals surface area (Å²) in [5.41, 5.74) is 0.758. The van der Waals surface area contributed by atoms with E-state index in [4.69, 9.17) is 4.74 Å². The molecule has 124 valence electrons. The van der Waals surface area contributed by atoms with Crippen molar-refractivity contribution in [1.29, 1.82) is 0 Å². The molecule has 1 N–H and O–H groups in total. The first-order valence-electron chi connectivity index (χ1n) is 8.27. The molecule has 5 heteroatoms. The maximum Gasteiger partial charge on any atom is 0.233 e. The smallest absolute Gasteiger partial charge is 0.233 e. The van der Waals surface area contributed by atoms with E-state index in [9.17, 15) is 9.59 Å². The average Bonchev–Trinajstić information content (AvgIpc) is 2.58. The topological polar surface area (TPSA) is 58.6 Å². The molecule has 2 saturated heterocycles. The monoisotopic (exact) mass is 316 g/mol. The first kappa shape index (κ1) is 16.0. The van der Waals surface area contributed by atoms with E-state index in [-0.39, 0.29) is 23.1 Å². The van der Waals surface area contributed by atoms with Crippen molar-refractivity contribution < 1.29 is 14.3 Å². The second-order valence-electron chi connectivity index (χ2n) is 6.82. The number of amides is 2.